The maximum absolute atomic E-state index is 12.2. The van der Waals surface area contributed by atoms with Crippen molar-refractivity contribution in [2.24, 2.45) is 0 Å². The predicted octanol–water partition coefficient (Wildman–Crippen LogP) is 1.09. The van der Waals surface area contributed by atoms with Gasteiger partial charge in [-0.05, 0) is 12.5 Å². The van der Waals surface area contributed by atoms with Crippen LogP contribution in [0.1, 0.15) is 23.7 Å². The summed E-state index contributed by atoms with van der Waals surface area (Å²) in [4.78, 5) is 28.7. The highest BCUT2D eigenvalue weighted by Gasteiger charge is 2.28. The second-order valence-corrected chi connectivity index (χ2v) is 4.70. The van der Waals surface area contributed by atoms with Crippen LogP contribution in [0.2, 0.25) is 5.02 Å². The molecule has 18 heavy (non-hydrogen) atoms. The van der Waals surface area contributed by atoms with Gasteiger partial charge in [-0.1, -0.05) is 11.6 Å². The molecule has 2 heterocycles. The molecule has 0 spiro atoms. The number of nitrogens with zero attached hydrogens (tertiary/aromatic N) is 2. The Bertz CT molecular complexity index is 478. The Kier molecular flexibility index (Phi) is 3.81. The number of likely N-dealkylation sites (tertiary alicyclic amines) is 1. The van der Waals surface area contributed by atoms with Gasteiger partial charge in [0.1, 0.15) is 0 Å². The lowest BCUT2D eigenvalue weighted by atomic mass is 10.2. The number of carbonyl (C=O) groups excluding carboxylic acids is 2. The Hall–Kier alpha value is -1.62. The Labute approximate surface area is 110 Å². The molecule has 1 aromatic rings. The van der Waals surface area contributed by atoms with Gasteiger partial charge in [-0.15, -0.1) is 0 Å². The Balaban J connectivity index is 2.04. The number of halogens is 1. The average molecular weight is 268 g/mol. The molecule has 1 saturated heterocycles. The first-order valence-electron chi connectivity index (χ1n) is 5.74. The van der Waals surface area contributed by atoms with Gasteiger partial charge in [0.15, 0.2) is 0 Å². The first-order valence-corrected chi connectivity index (χ1v) is 6.11. The highest BCUT2D eigenvalue weighted by atomic mass is 35.5. The van der Waals surface area contributed by atoms with E-state index in [4.69, 9.17) is 11.6 Å². The van der Waals surface area contributed by atoms with Gasteiger partial charge >= 0.3 is 0 Å². The van der Waals surface area contributed by atoms with Gasteiger partial charge in [-0.3, -0.25) is 14.6 Å². The van der Waals surface area contributed by atoms with Crippen LogP contribution in [0.5, 0.6) is 0 Å². The second-order valence-electron chi connectivity index (χ2n) is 4.29. The molecule has 0 aliphatic carbocycles. The van der Waals surface area contributed by atoms with E-state index >= 15 is 0 Å². The van der Waals surface area contributed by atoms with Gasteiger partial charge in [0.05, 0.1) is 10.6 Å². The Morgan fingerprint density at radius 2 is 2.33 bits per heavy atom. The SMILES string of the molecule is CC(=O)NC1CCN(C(=O)c2cnccc2Cl)C1. The van der Waals surface area contributed by atoms with Crippen LogP contribution >= 0.6 is 11.6 Å². The Morgan fingerprint density at radius 1 is 1.56 bits per heavy atom. The fraction of sp³-hybridized carbons (Fsp3) is 0.417. The molecule has 6 heteroatoms. The maximum atomic E-state index is 12.2. The van der Waals surface area contributed by atoms with Crippen LogP contribution in [0, 0.1) is 0 Å². The molecule has 1 unspecified atom stereocenters. The summed E-state index contributed by atoms with van der Waals surface area (Å²) < 4.78 is 0. The number of nitrogens with one attached hydrogen (secondary N) is 1. The van der Waals surface area contributed by atoms with Crippen LogP contribution in [0.25, 0.3) is 0 Å². The molecule has 1 atom stereocenters. The van der Waals surface area contributed by atoms with Crippen molar-refractivity contribution >= 4 is 23.4 Å². The van der Waals surface area contributed by atoms with Crippen LogP contribution in [0.3, 0.4) is 0 Å². The zero-order valence-electron chi connectivity index (χ0n) is 10.0. The first kappa shape index (κ1) is 12.8. The highest BCUT2D eigenvalue weighted by Crippen LogP contribution is 2.19. The summed E-state index contributed by atoms with van der Waals surface area (Å²) in [7, 11) is 0. The summed E-state index contributed by atoms with van der Waals surface area (Å²) in [6.45, 7) is 2.61. The van der Waals surface area contributed by atoms with E-state index in [-0.39, 0.29) is 17.9 Å². The first-order chi connectivity index (χ1) is 8.58. The zero-order valence-corrected chi connectivity index (χ0v) is 10.8. The number of amides is 2. The molecule has 1 aliphatic rings. The molecule has 1 fully saturated rings. The molecule has 96 valence electrons. The van der Waals surface area contributed by atoms with E-state index in [2.05, 4.69) is 10.3 Å². The van der Waals surface area contributed by atoms with Gasteiger partial charge in [0.2, 0.25) is 5.91 Å². The number of pyridine rings is 1. The van der Waals surface area contributed by atoms with Crippen molar-refractivity contribution in [2.75, 3.05) is 13.1 Å². The van der Waals surface area contributed by atoms with E-state index in [9.17, 15) is 9.59 Å². The largest absolute Gasteiger partial charge is 0.352 e. The predicted molar refractivity (Wildman–Crippen MR) is 67.4 cm³/mol. The third kappa shape index (κ3) is 2.79. The number of rotatable bonds is 2. The summed E-state index contributed by atoms with van der Waals surface area (Å²) in [5.74, 6) is -0.213. The van der Waals surface area contributed by atoms with Crippen molar-refractivity contribution in [3.05, 3.63) is 29.0 Å². The molecule has 0 radical (unpaired) electrons. The zero-order chi connectivity index (χ0) is 13.1. The number of aromatic nitrogens is 1. The quantitative estimate of drug-likeness (QED) is 0.872. The van der Waals surface area contributed by atoms with Gasteiger partial charge < -0.3 is 10.2 Å². The molecule has 5 nitrogen and oxygen atoms in total. The van der Waals surface area contributed by atoms with Crippen LogP contribution in [0.15, 0.2) is 18.5 Å². The standard InChI is InChI=1S/C12H14ClN3O2/c1-8(17)15-9-3-5-16(7-9)12(18)10-6-14-4-2-11(10)13/h2,4,6,9H,3,5,7H2,1H3,(H,15,17). The summed E-state index contributed by atoms with van der Waals surface area (Å²) in [6.07, 6.45) is 3.78. The highest BCUT2D eigenvalue weighted by molar-refractivity contribution is 6.33. The fourth-order valence-corrected chi connectivity index (χ4v) is 2.24. The van der Waals surface area contributed by atoms with Crippen LogP contribution < -0.4 is 5.32 Å². The maximum Gasteiger partial charge on any atom is 0.257 e. The molecule has 1 N–H and O–H groups in total. The van der Waals surface area contributed by atoms with Crippen molar-refractivity contribution in [3.8, 4) is 0 Å². The molecule has 0 aromatic carbocycles. The van der Waals surface area contributed by atoms with Crippen molar-refractivity contribution < 1.29 is 9.59 Å². The summed E-state index contributed by atoms with van der Waals surface area (Å²) >= 11 is 5.96. The topological polar surface area (TPSA) is 62.3 Å². The summed E-state index contributed by atoms with van der Waals surface area (Å²) in [6, 6.07) is 1.62. The fourth-order valence-electron chi connectivity index (χ4n) is 2.06. The molecular weight excluding hydrogens is 254 g/mol. The third-order valence-electron chi connectivity index (χ3n) is 2.88. The average Bonchev–Trinajstić information content (AvgIpc) is 2.76. The molecule has 0 saturated carbocycles. The second kappa shape index (κ2) is 5.35. The van der Waals surface area contributed by atoms with Crippen LogP contribution in [-0.2, 0) is 4.79 Å². The minimum Gasteiger partial charge on any atom is -0.352 e. The lowest BCUT2D eigenvalue weighted by molar-refractivity contribution is -0.119. The number of carbonyl (C=O) groups is 2. The van der Waals surface area contributed by atoms with E-state index in [1.165, 1.54) is 13.1 Å². The van der Waals surface area contributed by atoms with E-state index < -0.39 is 0 Å². The molecule has 1 aliphatic heterocycles. The summed E-state index contributed by atoms with van der Waals surface area (Å²) in [5.41, 5.74) is 0.405. The van der Waals surface area contributed by atoms with E-state index in [0.29, 0.717) is 23.7 Å². The van der Waals surface area contributed by atoms with Gasteiger partial charge in [-0.25, -0.2) is 0 Å². The van der Waals surface area contributed by atoms with E-state index in [0.717, 1.165) is 6.42 Å². The number of hydrogen-bond acceptors (Lipinski definition) is 3. The summed E-state index contributed by atoms with van der Waals surface area (Å²) in [5, 5.41) is 3.21. The lowest BCUT2D eigenvalue weighted by Crippen LogP contribution is -2.37. The normalized spacial score (nSPS) is 18.8. The van der Waals surface area contributed by atoms with Gasteiger partial charge in [0, 0.05) is 38.4 Å². The van der Waals surface area contributed by atoms with Crippen LogP contribution in [-0.4, -0.2) is 40.8 Å². The Morgan fingerprint density at radius 3 is 3.00 bits per heavy atom. The molecule has 2 rings (SSSR count). The monoisotopic (exact) mass is 267 g/mol. The van der Waals surface area contributed by atoms with Crippen LogP contribution in [0.4, 0.5) is 0 Å². The molecule has 1 aromatic heterocycles. The number of hydrogen-bond donors (Lipinski definition) is 1. The van der Waals surface area contributed by atoms with Gasteiger partial charge in [0.25, 0.3) is 5.91 Å². The van der Waals surface area contributed by atoms with Crippen molar-refractivity contribution in [3.63, 3.8) is 0 Å². The molecule has 2 amide bonds. The molecule has 0 bridgehead atoms. The van der Waals surface area contributed by atoms with Crippen molar-refractivity contribution in [1.29, 1.82) is 0 Å². The van der Waals surface area contributed by atoms with Gasteiger partial charge in [-0.2, -0.15) is 0 Å². The third-order valence-corrected chi connectivity index (χ3v) is 3.21. The van der Waals surface area contributed by atoms with E-state index in [1.807, 2.05) is 0 Å². The smallest absolute Gasteiger partial charge is 0.257 e. The van der Waals surface area contributed by atoms with Crippen molar-refractivity contribution in [2.45, 2.75) is 19.4 Å². The molecular formula is C12H14ClN3O2. The van der Waals surface area contributed by atoms with Crippen molar-refractivity contribution in [1.82, 2.24) is 15.2 Å². The lowest BCUT2D eigenvalue weighted by Gasteiger charge is -2.17. The van der Waals surface area contributed by atoms with E-state index in [1.54, 1.807) is 17.2 Å². The minimum absolute atomic E-state index is 0.0295. The minimum atomic E-state index is -0.138.